The number of rotatable bonds is 5. The van der Waals surface area contributed by atoms with E-state index in [0.29, 0.717) is 5.92 Å². The Kier molecular flexibility index (Phi) is 4.37. The second kappa shape index (κ2) is 5.91. The molecule has 1 saturated carbocycles. The molecule has 0 bridgehead atoms. The lowest BCUT2D eigenvalue weighted by molar-refractivity contribution is 0.0144. The Hall–Kier alpha value is -0.160. The first-order chi connectivity index (χ1) is 9.68. The largest absolute Gasteiger partial charge is 0.394 e. The van der Waals surface area contributed by atoms with Crippen molar-refractivity contribution in [2.75, 3.05) is 46.9 Å². The number of hydrogen-bond acceptors (Lipinski definition) is 4. The van der Waals surface area contributed by atoms with E-state index < -0.39 is 0 Å². The molecule has 3 aliphatic rings. The molecule has 0 aromatic carbocycles. The molecule has 0 aromatic heterocycles. The summed E-state index contributed by atoms with van der Waals surface area (Å²) in [5, 5.41) is 13.3. The third-order valence-electron chi connectivity index (χ3n) is 6.07. The van der Waals surface area contributed by atoms with Gasteiger partial charge in [-0.05, 0) is 71.1 Å². The lowest BCUT2D eigenvalue weighted by Crippen LogP contribution is -2.60. The Bertz CT molecular complexity index is 328. The van der Waals surface area contributed by atoms with Gasteiger partial charge in [-0.3, -0.25) is 0 Å². The molecule has 0 radical (unpaired) electrons. The highest BCUT2D eigenvalue weighted by molar-refractivity contribution is 5.03. The number of piperidine rings is 2. The summed E-state index contributed by atoms with van der Waals surface area (Å²) < 4.78 is 0. The normalized spacial score (nSPS) is 35.5. The van der Waals surface area contributed by atoms with E-state index in [1.807, 2.05) is 7.05 Å². The van der Waals surface area contributed by atoms with Gasteiger partial charge in [0.1, 0.15) is 0 Å². The molecule has 2 aliphatic heterocycles. The molecule has 3 unspecified atom stereocenters. The van der Waals surface area contributed by atoms with Crippen LogP contribution in [0.15, 0.2) is 0 Å². The second-order valence-corrected chi connectivity index (χ2v) is 7.31. The summed E-state index contributed by atoms with van der Waals surface area (Å²) in [4.78, 5) is 5.19. The third kappa shape index (κ3) is 2.76. The van der Waals surface area contributed by atoms with Crippen LogP contribution in [0, 0.1) is 11.8 Å². The van der Waals surface area contributed by atoms with E-state index in [1.165, 1.54) is 51.7 Å². The minimum atomic E-state index is -0.0482. The summed E-state index contributed by atoms with van der Waals surface area (Å²) >= 11 is 0. The topological polar surface area (TPSA) is 38.7 Å². The van der Waals surface area contributed by atoms with Crippen molar-refractivity contribution in [2.24, 2.45) is 11.8 Å². The van der Waals surface area contributed by atoms with Crippen molar-refractivity contribution in [3.63, 3.8) is 0 Å². The molecule has 116 valence electrons. The lowest BCUT2D eigenvalue weighted by atomic mass is 9.83. The van der Waals surface area contributed by atoms with Gasteiger partial charge >= 0.3 is 0 Å². The number of hydrogen-bond donors (Lipinski definition) is 2. The van der Waals surface area contributed by atoms with Crippen molar-refractivity contribution in [3.05, 3.63) is 0 Å². The minimum Gasteiger partial charge on any atom is -0.394 e. The zero-order valence-electron chi connectivity index (χ0n) is 13.1. The molecule has 3 atom stereocenters. The zero-order valence-corrected chi connectivity index (χ0v) is 13.1. The number of likely N-dealkylation sites (N-methyl/N-ethyl adjacent to an activating group) is 1. The van der Waals surface area contributed by atoms with Gasteiger partial charge in [-0.15, -0.1) is 0 Å². The van der Waals surface area contributed by atoms with Crippen LogP contribution in [-0.4, -0.2) is 73.4 Å². The Labute approximate surface area is 123 Å². The molecule has 0 amide bonds. The quantitative estimate of drug-likeness (QED) is 0.780. The van der Waals surface area contributed by atoms with E-state index in [9.17, 15) is 5.11 Å². The number of likely N-dealkylation sites (tertiary alicyclic amines) is 2. The third-order valence-corrected chi connectivity index (χ3v) is 6.07. The number of nitrogens with one attached hydrogen (secondary N) is 1. The number of aliphatic hydroxyl groups is 1. The van der Waals surface area contributed by atoms with Gasteiger partial charge in [0.2, 0.25) is 0 Å². The van der Waals surface area contributed by atoms with Gasteiger partial charge in [0.05, 0.1) is 12.1 Å². The van der Waals surface area contributed by atoms with Crippen molar-refractivity contribution >= 4 is 0 Å². The Morgan fingerprint density at radius 2 is 2.00 bits per heavy atom. The first-order valence-electron chi connectivity index (χ1n) is 8.41. The Morgan fingerprint density at radius 3 is 2.65 bits per heavy atom. The van der Waals surface area contributed by atoms with Crippen LogP contribution in [0.4, 0.5) is 0 Å². The highest BCUT2D eigenvalue weighted by Gasteiger charge is 2.46. The maximum atomic E-state index is 9.89. The summed E-state index contributed by atoms with van der Waals surface area (Å²) in [6.07, 6.45) is 6.61. The fraction of sp³-hybridized carbons (Fsp3) is 1.00. The highest BCUT2D eigenvalue weighted by Crippen LogP contribution is 2.40. The maximum Gasteiger partial charge on any atom is 0.0628 e. The van der Waals surface area contributed by atoms with E-state index in [0.717, 1.165) is 18.5 Å². The Balaban J connectivity index is 1.61. The average molecular weight is 281 g/mol. The molecule has 20 heavy (non-hydrogen) atoms. The van der Waals surface area contributed by atoms with E-state index in [4.69, 9.17) is 0 Å². The molecule has 0 aromatic rings. The van der Waals surface area contributed by atoms with Crippen LogP contribution in [0.3, 0.4) is 0 Å². The van der Waals surface area contributed by atoms with Crippen LogP contribution < -0.4 is 5.32 Å². The van der Waals surface area contributed by atoms with E-state index in [1.54, 1.807) is 0 Å². The predicted molar refractivity (Wildman–Crippen MR) is 81.8 cm³/mol. The van der Waals surface area contributed by atoms with Crippen molar-refractivity contribution in [1.29, 1.82) is 0 Å². The monoisotopic (exact) mass is 281 g/mol. The fourth-order valence-corrected chi connectivity index (χ4v) is 4.58. The summed E-state index contributed by atoms with van der Waals surface area (Å²) in [5.41, 5.74) is -0.0482. The predicted octanol–water partition coefficient (Wildman–Crippen LogP) is 0.763. The van der Waals surface area contributed by atoms with Crippen LogP contribution in [0.2, 0.25) is 0 Å². The van der Waals surface area contributed by atoms with E-state index in [2.05, 4.69) is 22.2 Å². The number of aliphatic hydroxyl groups excluding tert-OH is 1. The van der Waals surface area contributed by atoms with Crippen molar-refractivity contribution in [3.8, 4) is 0 Å². The molecular formula is C16H31N3O. The summed E-state index contributed by atoms with van der Waals surface area (Å²) in [6.45, 7) is 5.00. The van der Waals surface area contributed by atoms with Crippen LogP contribution >= 0.6 is 0 Å². The molecule has 1 aliphatic carbocycles. The van der Waals surface area contributed by atoms with Gasteiger partial charge in [0.15, 0.2) is 0 Å². The molecule has 3 fully saturated rings. The minimum absolute atomic E-state index is 0.0482. The number of fused-ring (bicyclic) bond motifs is 1. The molecule has 0 spiro atoms. The summed E-state index contributed by atoms with van der Waals surface area (Å²) in [5.74, 6) is 1.53. The first-order valence-corrected chi connectivity index (χ1v) is 8.41. The van der Waals surface area contributed by atoms with Crippen LogP contribution in [0.5, 0.6) is 0 Å². The van der Waals surface area contributed by atoms with Crippen LogP contribution in [0.25, 0.3) is 0 Å². The highest BCUT2D eigenvalue weighted by atomic mass is 16.3. The molecule has 3 rings (SSSR count). The number of nitrogens with zero attached hydrogens (tertiary/aromatic N) is 2. The molecule has 4 nitrogen and oxygen atoms in total. The standard InChI is InChI=1S/C16H31N3O/c1-17-16(12-20,14-5-6-14)11-19-9-7-15-13(10-19)4-3-8-18(15)2/h13-15,17,20H,3-12H2,1-2H3. The molecule has 2 N–H and O–H groups in total. The molecule has 2 saturated heterocycles. The Morgan fingerprint density at radius 1 is 1.20 bits per heavy atom. The zero-order chi connectivity index (χ0) is 14.2. The lowest BCUT2D eigenvalue weighted by Gasteiger charge is -2.48. The summed E-state index contributed by atoms with van der Waals surface area (Å²) in [6, 6.07) is 0.805. The SMILES string of the molecule is CNC(CO)(CN1CCC2C(CCCN2C)C1)C1CC1. The van der Waals surface area contributed by atoms with E-state index in [-0.39, 0.29) is 12.1 Å². The summed E-state index contributed by atoms with van der Waals surface area (Å²) in [7, 11) is 4.32. The van der Waals surface area contributed by atoms with Crippen molar-refractivity contribution < 1.29 is 5.11 Å². The van der Waals surface area contributed by atoms with Crippen molar-refractivity contribution in [2.45, 2.75) is 43.7 Å². The molecule has 4 heteroatoms. The van der Waals surface area contributed by atoms with Crippen LogP contribution in [-0.2, 0) is 0 Å². The van der Waals surface area contributed by atoms with Gasteiger partial charge < -0.3 is 20.2 Å². The van der Waals surface area contributed by atoms with Gasteiger partial charge in [0, 0.05) is 19.1 Å². The maximum absolute atomic E-state index is 9.89. The molecular weight excluding hydrogens is 250 g/mol. The molecule has 2 heterocycles. The van der Waals surface area contributed by atoms with Gasteiger partial charge in [-0.25, -0.2) is 0 Å². The van der Waals surface area contributed by atoms with E-state index >= 15 is 0 Å². The smallest absolute Gasteiger partial charge is 0.0628 e. The second-order valence-electron chi connectivity index (χ2n) is 7.31. The van der Waals surface area contributed by atoms with Crippen LogP contribution in [0.1, 0.15) is 32.1 Å². The average Bonchev–Trinajstić information content (AvgIpc) is 3.30. The van der Waals surface area contributed by atoms with Gasteiger partial charge in [-0.2, -0.15) is 0 Å². The first kappa shape index (κ1) is 14.8. The van der Waals surface area contributed by atoms with Gasteiger partial charge in [0.25, 0.3) is 0 Å². The van der Waals surface area contributed by atoms with Gasteiger partial charge in [-0.1, -0.05) is 0 Å². The fourth-order valence-electron chi connectivity index (χ4n) is 4.58. The van der Waals surface area contributed by atoms with Crippen molar-refractivity contribution in [1.82, 2.24) is 15.1 Å².